The number of benzene rings is 5. The fraction of sp³-hybridized carbons (Fsp3) is 0. The lowest BCUT2D eigenvalue weighted by Gasteiger charge is -2.25. The van der Waals surface area contributed by atoms with Gasteiger partial charge in [-0.25, -0.2) is 4.79 Å². The number of carbonyl (C=O) groups is 1. The number of ether oxygens (including phenoxy) is 2. The molecule has 180 valence electrons. The van der Waals surface area contributed by atoms with E-state index in [1.54, 1.807) is 12.1 Å². The van der Waals surface area contributed by atoms with Gasteiger partial charge in [0.05, 0.1) is 0 Å². The molecule has 0 aromatic heterocycles. The lowest BCUT2D eigenvalue weighted by molar-refractivity contribution is -0.128. The number of carbonyl (C=O) groups excluding carboxylic acids is 1. The molecule has 5 rings (SSSR count). The first-order chi connectivity index (χ1) is 18.2. The first-order valence-corrected chi connectivity index (χ1v) is 11.9. The molecule has 0 N–H and O–H groups in total. The van der Waals surface area contributed by atoms with Crippen molar-refractivity contribution in [3.05, 3.63) is 146 Å². The molecule has 0 aliphatic heterocycles. The number of hydrogen-bond acceptors (Lipinski definition) is 4. The second kappa shape index (κ2) is 11.1. The summed E-state index contributed by atoms with van der Waals surface area (Å²) < 4.78 is 11.1. The number of rotatable bonds is 8. The Bertz CT molecular complexity index is 1460. The molecule has 0 aliphatic carbocycles. The van der Waals surface area contributed by atoms with Gasteiger partial charge in [-0.2, -0.15) is 0 Å². The molecule has 0 saturated carbocycles. The highest BCUT2D eigenvalue weighted by molar-refractivity contribution is 5.83. The van der Waals surface area contributed by atoms with E-state index in [4.69, 9.17) is 9.47 Å². The number of anilines is 3. The van der Waals surface area contributed by atoms with Gasteiger partial charge in [0.2, 0.25) is 0 Å². The van der Waals surface area contributed by atoms with Crippen LogP contribution in [-0.2, 0) is 4.79 Å². The largest absolute Gasteiger partial charge is 0.457 e. The molecule has 0 radical (unpaired) electrons. The SMILES string of the molecule is C=CC(=O)Oc1ccc(-c2ccc(N(c3ccccc3)c3ccc(Oc4ccccc4)cc3)cc2)cc1. The predicted octanol–water partition coefficient (Wildman–Crippen LogP) is 8.71. The van der Waals surface area contributed by atoms with E-state index < -0.39 is 5.97 Å². The van der Waals surface area contributed by atoms with E-state index in [2.05, 4.69) is 60.0 Å². The molecule has 4 nitrogen and oxygen atoms in total. The van der Waals surface area contributed by atoms with E-state index in [1.165, 1.54) is 0 Å². The maximum absolute atomic E-state index is 11.4. The third kappa shape index (κ3) is 5.77. The van der Waals surface area contributed by atoms with Gasteiger partial charge in [0.25, 0.3) is 0 Å². The van der Waals surface area contributed by atoms with Crippen molar-refractivity contribution in [2.45, 2.75) is 0 Å². The molecule has 0 amide bonds. The molecular weight excluding hydrogens is 458 g/mol. The molecule has 0 unspecified atom stereocenters. The Morgan fingerprint density at radius 3 is 1.54 bits per heavy atom. The van der Waals surface area contributed by atoms with Crippen LogP contribution < -0.4 is 14.4 Å². The third-order valence-corrected chi connectivity index (χ3v) is 5.79. The molecule has 4 heteroatoms. The molecule has 37 heavy (non-hydrogen) atoms. The minimum absolute atomic E-state index is 0.474. The Hall–Kier alpha value is -5.09. The van der Waals surface area contributed by atoms with Gasteiger partial charge in [0.15, 0.2) is 0 Å². The van der Waals surface area contributed by atoms with Gasteiger partial charge in [-0.3, -0.25) is 0 Å². The Morgan fingerprint density at radius 2 is 0.973 bits per heavy atom. The monoisotopic (exact) mass is 483 g/mol. The minimum Gasteiger partial charge on any atom is -0.457 e. The first kappa shape index (κ1) is 23.6. The summed E-state index contributed by atoms with van der Waals surface area (Å²) in [7, 11) is 0. The van der Waals surface area contributed by atoms with E-state index in [-0.39, 0.29) is 0 Å². The average Bonchev–Trinajstić information content (AvgIpc) is 2.96. The van der Waals surface area contributed by atoms with E-state index in [1.807, 2.05) is 72.8 Å². The van der Waals surface area contributed by atoms with Crippen molar-refractivity contribution in [3.63, 3.8) is 0 Å². The molecule has 5 aromatic rings. The molecule has 5 aromatic carbocycles. The summed E-state index contributed by atoms with van der Waals surface area (Å²) in [5.74, 6) is 1.59. The predicted molar refractivity (Wildman–Crippen MR) is 149 cm³/mol. The average molecular weight is 484 g/mol. The van der Waals surface area contributed by atoms with Crippen LogP contribution in [0.2, 0.25) is 0 Å². The number of hydrogen-bond donors (Lipinski definition) is 0. The molecule has 0 atom stereocenters. The zero-order valence-electron chi connectivity index (χ0n) is 20.2. The van der Waals surface area contributed by atoms with Gasteiger partial charge >= 0.3 is 5.97 Å². The molecular formula is C33H25NO3. The summed E-state index contributed by atoms with van der Waals surface area (Å²) in [5.41, 5.74) is 5.19. The maximum atomic E-state index is 11.4. The zero-order chi connectivity index (χ0) is 25.5. The molecule has 0 heterocycles. The van der Waals surface area contributed by atoms with Gasteiger partial charge in [-0.05, 0) is 83.9 Å². The van der Waals surface area contributed by atoms with Crippen molar-refractivity contribution in [1.29, 1.82) is 0 Å². The summed E-state index contributed by atoms with van der Waals surface area (Å²) in [4.78, 5) is 13.6. The smallest absolute Gasteiger partial charge is 0.335 e. The number of esters is 1. The van der Waals surface area contributed by atoms with Gasteiger partial charge in [-0.15, -0.1) is 0 Å². The fourth-order valence-corrected chi connectivity index (χ4v) is 3.99. The van der Waals surface area contributed by atoms with Crippen LogP contribution in [0.25, 0.3) is 11.1 Å². The third-order valence-electron chi connectivity index (χ3n) is 5.79. The Kier molecular flexibility index (Phi) is 7.09. The van der Waals surface area contributed by atoms with Crippen LogP contribution in [0.5, 0.6) is 17.2 Å². The summed E-state index contributed by atoms with van der Waals surface area (Å²) in [5, 5.41) is 0. The van der Waals surface area contributed by atoms with Crippen molar-refractivity contribution < 1.29 is 14.3 Å². The van der Waals surface area contributed by atoms with Crippen LogP contribution in [-0.4, -0.2) is 5.97 Å². The van der Waals surface area contributed by atoms with Crippen molar-refractivity contribution in [3.8, 4) is 28.4 Å². The van der Waals surface area contributed by atoms with Crippen LogP contribution in [0.15, 0.2) is 146 Å². The van der Waals surface area contributed by atoms with E-state index >= 15 is 0 Å². The summed E-state index contributed by atoms with van der Waals surface area (Å²) in [6.45, 7) is 3.42. The lowest BCUT2D eigenvalue weighted by Crippen LogP contribution is -2.09. The summed E-state index contributed by atoms with van der Waals surface area (Å²) in [6.07, 6.45) is 1.15. The molecule has 0 bridgehead atoms. The highest BCUT2D eigenvalue weighted by Gasteiger charge is 2.13. The topological polar surface area (TPSA) is 38.8 Å². The fourth-order valence-electron chi connectivity index (χ4n) is 3.99. The summed E-state index contributed by atoms with van der Waals surface area (Å²) in [6, 6.07) is 43.9. The van der Waals surface area contributed by atoms with Crippen LogP contribution in [0.3, 0.4) is 0 Å². The van der Waals surface area contributed by atoms with Crippen LogP contribution in [0.1, 0.15) is 0 Å². The molecule has 0 fully saturated rings. The Labute approximate surface area is 216 Å². The van der Waals surface area contributed by atoms with E-state index in [0.717, 1.165) is 45.8 Å². The van der Waals surface area contributed by atoms with E-state index in [0.29, 0.717) is 5.75 Å². The maximum Gasteiger partial charge on any atom is 0.335 e. The normalized spacial score (nSPS) is 10.4. The summed E-state index contributed by atoms with van der Waals surface area (Å²) >= 11 is 0. The number of nitrogens with zero attached hydrogens (tertiary/aromatic N) is 1. The van der Waals surface area contributed by atoms with Crippen LogP contribution in [0.4, 0.5) is 17.1 Å². The second-order valence-electron chi connectivity index (χ2n) is 8.28. The van der Waals surface area contributed by atoms with Gasteiger partial charge in [0.1, 0.15) is 17.2 Å². The Balaban J connectivity index is 1.40. The van der Waals surface area contributed by atoms with Crippen molar-refractivity contribution >= 4 is 23.0 Å². The molecule has 0 aliphatic rings. The van der Waals surface area contributed by atoms with Gasteiger partial charge < -0.3 is 14.4 Å². The second-order valence-corrected chi connectivity index (χ2v) is 8.28. The van der Waals surface area contributed by atoms with Gasteiger partial charge in [-0.1, -0.05) is 67.2 Å². The first-order valence-electron chi connectivity index (χ1n) is 11.9. The van der Waals surface area contributed by atoms with Crippen molar-refractivity contribution in [2.75, 3.05) is 4.90 Å². The zero-order valence-corrected chi connectivity index (χ0v) is 20.2. The van der Waals surface area contributed by atoms with Crippen molar-refractivity contribution in [2.24, 2.45) is 0 Å². The van der Waals surface area contributed by atoms with Crippen LogP contribution >= 0.6 is 0 Å². The molecule has 0 saturated heterocycles. The van der Waals surface area contributed by atoms with Crippen LogP contribution in [0, 0.1) is 0 Å². The highest BCUT2D eigenvalue weighted by Crippen LogP contribution is 2.36. The standard InChI is InChI=1S/C33H25NO3/c1-2-33(35)37-32-21-15-26(16-22-32)25-13-17-28(18-14-25)34(27-9-5-3-6-10-27)29-19-23-31(24-20-29)36-30-11-7-4-8-12-30/h2-24H,1H2. The van der Waals surface area contributed by atoms with E-state index in [9.17, 15) is 4.79 Å². The number of para-hydroxylation sites is 2. The molecule has 0 spiro atoms. The Morgan fingerprint density at radius 1 is 0.541 bits per heavy atom. The quantitative estimate of drug-likeness (QED) is 0.126. The van der Waals surface area contributed by atoms with Gasteiger partial charge in [0, 0.05) is 23.1 Å². The minimum atomic E-state index is -0.474. The lowest BCUT2D eigenvalue weighted by atomic mass is 10.0. The highest BCUT2D eigenvalue weighted by atomic mass is 16.5. The van der Waals surface area contributed by atoms with Crippen molar-refractivity contribution in [1.82, 2.24) is 0 Å².